The number of hydrogen-bond donors (Lipinski definition) is 2. The fraction of sp³-hybridized carbons (Fsp3) is 0.286. The van der Waals surface area contributed by atoms with E-state index in [1.165, 1.54) is 4.68 Å². The third kappa shape index (κ3) is 3.11. The summed E-state index contributed by atoms with van der Waals surface area (Å²) in [6.07, 6.45) is 0.736. The molecule has 0 unspecified atom stereocenters. The highest BCUT2D eigenvalue weighted by Crippen LogP contribution is 2.15. The van der Waals surface area contributed by atoms with Crippen molar-refractivity contribution in [3.63, 3.8) is 0 Å². The number of aryl methyl sites for hydroxylation is 2. The molecule has 1 aromatic heterocycles. The van der Waals surface area contributed by atoms with Crippen molar-refractivity contribution in [3.05, 3.63) is 46.2 Å². The first-order chi connectivity index (χ1) is 9.49. The number of carbonyl (C=O) groups is 1. The Morgan fingerprint density at radius 1 is 1.40 bits per heavy atom. The molecule has 0 atom stereocenters. The van der Waals surface area contributed by atoms with Crippen molar-refractivity contribution in [1.29, 1.82) is 0 Å². The summed E-state index contributed by atoms with van der Waals surface area (Å²) in [5, 5.41) is 7.67. The molecule has 0 aliphatic carbocycles. The average Bonchev–Trinajstić information content (AvgIpc) is 2.65. The molecule has 1 heterocycles. The summed E-state index contributed by atoms with van der Waals surface area (Å²) in [5.74, 6) is -0.209. The first kappa shape index (κ1) is 14.4. The zero-order valence-electron chi connectivity index (χ0n) is 11.5. The van der Waals surface area contributed by atoms with Crippen LogP contribution in [0.4, 0.5) is 5.69 Å². The van der Waals surface area contributed by atoms with Crippen LogP contribution in [0.1, 0.15) is 21.7 Å². The molecule has 2 rings (SSSR count). The first-order valence-electron chi connectivity index (χ1n) is 6.30. The second-order valence-corrected chi connectivity index (χ2v) is 5.04. The standard InChI is InChI=1S/C14H17ClN4O/c1-9-12(16)13(19(2)18-9)14(20)17-8-7-10-3-5-11(15)6-4-10/h3-6H,7-8,16H2,1-2H3,(H,17,20). The Morgan fingerprint density at radius 3 is 2.60 bits per heavy atom. The molecule has 0 aliphatic heterocycles. The molecule has 5 nitrogen and oxygen atoms in total. The minimum absolute atomic E-state index is 0.209. The normalized spacial score (nSPS) is 10.6. The van der Waals surface area contributed by atoms with Crippen LogP contribution >= 0.6 is 11.6 Å². The molecule has 106 valence electrons. The molecule has 0 bridgehead atoms. The minimum atomic E-state index is -0.209. The van der Waals surface area contributed by atoms with Gasteiger partial charge in [-0.3, -0.25) is 9.48 Å². The third-order valence-electron chi connectivity index (χ3n) is 3.10. The lowest BCUT2D eigenvalue weighted by Gasteiger charge is -2.06. The van der Waals surface area contributed by atoms with Crippen LogP contribution in [-0.4, -0.2) is 22.2 Å². The number of nitrogen functional groups attached to an aromatic ring is 1. The fourth-order valence-corrected chi connectivity index (χ4v) is 2.12. The van der Waals surface area contributed by atoms with Gasteiger partial charge in [0, 0.05) is 18.6 Å². The number of anilines is 1. The molecule has 0 fully saturated rings. The molecule has 0 spiro atoms. The van der Waals surface area contributed by atoms with Crippen LogP contribution < -0.4 is 11.1 Å². The summed E-state index contributed by atoms with van der Waals surface area (Å²) in [7, 11) is 1.71. The maximum atomic E-state index is 12.1. The molecular weight excluding hydrogens is 276 g/mol. The van der Waals surface area contributed by atoms with Gasteiger partial charge in [0.1, 0.15) is 5.69 Å². The highest BCUT2D eigenvalue weighted by atomic mass is 35.5. The van der Waals surface area contributed by atoms with E-state index in [1.807, 2.05) is 24.3 Å². The Balaban J connectivity index is 1.94. The second kappa shape index (κ2) is 5.96. The van der Waals surface area contributed by atoms with Crippen LogP contribution in [0.2, 0.25) is 5.02 Å². The monoisotopic (exact) mass is 292 g/mol. The zero-order valence-corrected chi connectivity index (χ0v) is 12.2. The van der Waals surface area contributed by atoms with Gasteiger partial charge in [-0.25, -0.2) is 0 Å². The van der Waals surface area contributed by atoms with Gasteiger partial charge in [0.05, 0.1) is 11.4 Å². The quantitative estimate of drug-likeness (QED) is 0.904. The van der Waals surface area contributed by atoms with Gasteiger partial charge in [-0.15, -0.1) is 0 Å². The highest BCUT2D eigenvalue weighted by molar-refractivity contribution is 6.30. The van der Waals surface area contributed by atoms with Crippen molar-refractivity contribution in [3.8, 4) is 0 Å². The molecule has 1 amide bonds. The first-order valence-corrected chi connectivity index (χ1v) is 6.68. The van der Waals surface area contributed by atoms with Gasteiger partial charge in [0.25, 0.3) is 5.91 Å². The van der Waals surface area contributed by atoms with Gasteiger partial charge in [0.2, 0.25) is 0 Å². The average molecular weight is 293 g/mol. The Hall–Kier alpha value is -2.01. The molecule has 1 aromatic carbocycles. The number of carbonyl (C=O) groups excluding carboxylic acids is 1. The lowest BCUT2D eigenvalue weighted by molar-refractivity contribution is 0.0945. The topological polar surface area (TPSA) is 72.9 Å². The second-order valence-electron chi connectivity index (χ2n) is 4.60. The Bertz CT molecular complexity index is 619. The van der Waals surface area contributed by atoms with E-state index >= 15 is 0 Å². The highest BCUT2D eigenvalue weighted by Gasteiger charge is 2.17. The van der Waals surface area contributed by atoms with E-state index in [0.29, 0.717) is 28.6 Å². The van der Waals surface area contributed by atoms with Crippen molar-refractivity contribution in [2.75, 3.05) is 12.3 Å². The molecule has 2 aromatic rings. The zero-order chi connectivity index (χ0) is 14.7. The van der Waals surface area contributed by atoms with E-state index in [9.17, 15) is 4.79 Å². The van der Waals surface area contributed by atoms with Gasteiger partial charge in [-0.1, -0.05) is 23.7 Å². The summed E-state index contributed by atoms with van der Waals surface area (Å²) in [4.78, 5) is 12.1. The number of nitrogens with one attached hydrogen (secondary N) is 1. The number of benzene rings is 1. The molecule has 0 aliphatic rings. The number of rotatable bonds is 4. The maximum Gasteiger partial charge on any atom is 0.271 e. The van der Waals surface area contributed by atoms with Gasteiger partial charge >= 0.3 is 0 Å². The summed E-state index contributed by atoms with van der Waals surface area (Å²) in [6.45, 7) is 2.31. The molecular formula is C14H17ClN4O. The summed E-state index contributed by atoms with van der Waals surface area (Å²) >= 11 is 5.82. The number of nitrogens with zero attached hydrogens (tertiary/aromatic N) is 2. The Kier molecular flexibility index (Phi) is 4.29. The molecule has 0 saturated carbocycles. The number of halogens is 1. The van der Waals surface area contributed by atoms with Crippen LogP contribution in [0.5, 0.6) is 0 Å². The van der Waals surface area contributed by atoms with Crippen molar-refractivity contribution in [2.45, 2.75) is 13.3 Å². The number of aromatic nitrogens is 2. The minimum Gasteiger partial charge on any atom is -0.395 e. The predicted molar refractivity (Wildman–Crippen MR) is 79.8 cm³/mol. The number of amides is 1. The van der Waals surface area contributed by atoms with Gasteiger partial charge in [-0.05, 0) is 31.0 Å². The lowest BCUT2D eigenvalue weighted by Crippen LogP contribution is -2.28. The van der Waals surface area contributed by atoms with Crippen molar-refractivity contribution in [1.82, 2.24) is 15.1 Å². The predicted octanol–water partition coefficient (Wildman–Crippen LogP) is 1.94. The van der Waals surface area contributed by atoms with E-state index in [1.54, 1.807) is 14.0 Å². The molecule has 3 N–H and O–H groups in total. The summed E-state index contributed by atoms with van der Waals surface area (Å²) in [6, 6.07) is 7.55. The Labute approximate surface area is 122 Å². The number of nitrogens with two attached hydrogens (primary N) is 1. The SMILES string of the molecule is Cc1nn(C)c(C(=O)NCCc2ccc(Cl)cc2)c1N. The lowest BCUT2D eigenvalue weighted by atomic mass is 10.1. The van der Waals surface area contributed by atoms with Crippen LogP contribution in [0.25, 0.3) is 0 Å². The largest absolute Gasteiger partial charge is 0.395 e. The summed E-state index contributed by atoms with van der Waals surface area (Å²) < 4.78 is 1.50. The number of hydrogen-bond acceptors (Lipinski definition) is 3. The van der Waals surface area contributed by atoms with Crippen LogP contribution in [0.3, 0.4) is 0 Å². The van der Waals surface area contributed by atoms with E-state index < -0.39 is 0 Å². The van der Waals surface area contributed by atoms with E-state index in [4.69, 9.17) is 17.3 Å². The van der Waals surface area contributed by atoms with Crippen LogP contribution in [0.15, 0.2) is 24.3 Å². The van der Waals surface area contributed by atoms with Crippen LogP contribution in [-0.2, 0) is 13.5 Å². The summed E-state index contributed by atoms with van der Waals surface area (Å²) in [5.41, 5.74) is 8.45. The van der Waals surface area contributed by atoms with Gasteiger partial charge in [-0.2, -0.15) is 5.10 Å². The maximum absolute atomic E-state index is 12.1. The van der Waals surface area contributed by atoms with Crippen molar-refractivity contribution in [2.24, 2.45) is 7.05 Å². The van der Waals surface area contributed by atoms with Crippen molar-refractivity contribution < 1.29 is 4.79 Å². The van der Waals surface area contributed by atoms with Gasteiger partial charge < -0.3 is 11.1 Å². The fourth-order valence-electron chi connectivity index (χ4n) is 2.00. The van der Waals surface area contributed by atoms with E-state index in [0.717, 1.165) is 12.0 Å². The molecule has 0 radical (unpaired) electrons. The molecule has 20 heavy (non-hydrogen) atoms. The van der Waals surface area contributed by atoms with Gasteiger partial charge in [0.15, 0.2) is 0 Å². The van der Waals surface area contributed by atoms with E-state index in [2.05, 4.69) is 10.4 Å². The smallest absolute Gasteiger partial charge is 0.271 e. The van der Waals surface area contributed by atoms with E-state index in [-0.39, 0.29) is 5.91 Å². The molecule has 0 saturated heterocycles. The third-order valence-corrected chi connectivity index (χ3v) is 3.35. The van der Waals surface area contributed by atoms with Crippen molar-refractivity contribution >= 4 is 23.2 Å². The molecule has 6 heteroatoms. The van der Waals surface area contributed by atoms with Crippen LogP contribution in [0, 0.1) is 6.92 Å². The Morgan fingerprint density at radius 2 is 2.05 bits per heavy atom.